The second-order valence-corrected chi connectivity index (χ2v) is 3.38. The zero-order chi connectivity index (χ0) is 7.90. The maximum atomic E-state index is 4.24. The van der Waals surface area contributed by atoms with Crippen molar-refractivity contribution in [1.29, 1.82) is 0 Å². The van der Waals surface area contributed by atoms with E-state index in [-0.39, 0.29) is 30.4 Å². The standard InChI is InChI=1S/C8H11N3.2ClH/c1-8(2)7-6(4-11-8)3-9-5-10-7;;/h3,5,11H,4H2,1-2H3;2*1H. The van der Waals surface area contributed by atoms with Crippen molar-refractivity contribution >= 4 is 24.8 Å². The van der Waals surface area contributed by atoms with Crippen molar-refractivity contribution in [1.82, 2.24) is 15.3 Å². The molecule has 0 aliphatic carbocycles. The number of nitrogens with one attached hydrogen (secondary N) is 1. The average Bonchev–Trinajstić information content (AvgIpc) is 2.29. The quantitative estimate of drug-likeness (QED) is 0.725. The Morgan fingerprint density at radius 3 is 2.69 bits per heavy atom. The van der Waals surface area contributed by atoms with Gasteiger partial charge in [0.15, 0.2) is 0 Å². The van der Waals surface area contributed by atoms with E-state index in [0.717, 1.165) is 12.2 Å². The summed E-state index contributed by atoms with van der Waals surface area (Å²) < 4.78 is 0. The van der Waals surface area contributed by atoms with E-state index in [1.165, 1.54) is 5.56 Å². The number of rotatable bonds is 0. The third-order valence-corrected chi connectivity index (χ3v) is 2.10. The maximum Gasteiger partial charge on any atom is 0.115 e. The summed E-state index contributed by atoms with van der Waals surface area (Å²) in [7, 11) is 0. The van der Waals surface area contributed by atoms with Gasteiger partial charge < -0.3 is 5.32 Å². The van der Waals surface area contributed by atoms with Crippen molar-refractivity contribution in [2.24, 2.45) is 0 Å². The fraction of sp³-hybridized carbons (Fsp3) is 0.500. The molecular formula is C8H13Cl2N3. The number of halogens is 2. The molecule has 0 spiro atoms. The van der Waals surface area contributed by atoms with Gasteiger partial charge in [0.25, 0.3) is 0 Å². The van der Waals surface area contributed by atoms with Gasteiger partial charge in [-0.1, -0.05) is 0 Å². The highest BCUT2D eigenvalue weighted by atomic mass is 35.5. The highest BCUT2D eigenvalue weighted by molar-refractivity contribution is 5.85. The fourth-order valence-corrected chi connectivity index (χ4v) is 1.45. The van der Waals surface area contributed by atoms with E-state index in [0.29, 0.717) is 0 Å². The lowest BCUT2D eigenvalue weighted by Crippen LogP contribution is -2.29. The lowest BCUT2D eigenvalue weighted by molar-refractivity contribution is 0.433. The summed E-state index contributed by atoms with van der Waals surface area (Å²) in [5.41, 5.74) is 2.38. The molecule has 5 heteroatoms. The van der Waals surface area contributed by atoms with E-state index >= 15 is 0 Å². The number of aromatic nitrogens is 2. The van der Waals surface area contributed by atoms with E-state index < -0.39 is 0 Å². The molecule has 0 radical (unpaired) electrons. The Morgan fingerprint density at radius 1 is 1.38 bits per heavy atom. The Balaban J connectivity index is 0.000000720. The van der Waals surface area contributed by atoms with Gasteiger partial charge in [0.05, 0.1) is 11.2 Å². The number of hydrogen-bond donors (Lipinski definition) is 1. The zero-order valence-corrected chi connectivity index (χ0v) is 9.21. The van der Waals surface area contributed by atoms with Gasteiger partial charge in [-0.15, -0.1) is 24.8 Å². The SMILES string of the molecule is CC1(C)NCc2cncnc21.Cl.Cl. The Kier molecular flexibility index (Phi) is 4.10. The van der Waals surface area contributed by atoms with Gasteiger partial charge in [0, 0.05) is 18.3 Å². The van der Waals surface area contributed by atoms with Crippen molar-refractivity contribution in [2.75, 3.05) is 0 Å². The van der Waals surface area contributed by atoms with Crippen LogP contribution in [0, 0.1) is 0 Å². The van der Waals surface area contributed by atoms with Crippen molar-refractivity contribution < 1.29 is 0 Å². The minimum atomic E-state index is 0. The molecule has 3 nitrogen and oxygen atoms in total. The summed E-state index contributed by atoms with van der Waals surface area (Å²) in [4.78, 5) is 8.21. The Labute approximate surface area is 90.2 Å². The molecule has 1 aromatic heterocycles. The smallest absolute Gasteiger partial charge is 0.115 e. The lowest BCUT2D eigenvalue weighted by Gasteiger charge is -2.17. The first kappa shape index (κ1) is 12.6. The van der Waals surface area contributed by atoms with Crippen molar-refractivity contribution in [3.63, 3.8) is 0 Å². The van der Waals surface area contributed by atoms with E-state index in [1.54, 1.807) is 6.33 Å². The van der Waals surface area contributed by atoms with Crippen LogP contribution in [0.1, 0.15) is 25.1 Å². The summed E-state index contributed by atoms with van der Waals surface area (Å²) >= 11 is 0. The molecule has 0 fully saturated rings. The van der Waals surface area contributed by atoms with Gasteiger partial charge in [-0.3, -0.25) is 0 Å². The van der Waals surface area contributed by atoms with Crippen LogP contribution >= 0.6 is 24.8 Å². The topological polar surface area (TPSA) is 37.8 Å². The van der Waals surface area contributed by atoms with Crippen LogP contribution in [0.3, 0.4) is 0 Å². The van der Waals surface area contributed by atoms with Gasteiger partial charge in [-0.05, 0) is 13.8 Å². The molecule has 13 heavy (non-hydrogen) atoms. The average molecular weight is 222 g/mol. The molecule has 1 aliphatic heterocycles. The highest BCUT2D eigenvalue weighted by Crippen LogP contribution is 2.26. The van der Waals surface area contributed by atoms with E-state index in [9.17, 15) is 0 Å². The Hall–Kier alpha value is -0.380. The van der Waals surface area contributed by atoms with Crippen LogP contribution in [-0.4, -0.2) is 9.97 Å². The van der Waals surface area contributed by atoms with Gasteiger partial charge >= 0.3 is 0 Å². The first-order chi connectivity index (χ1) is 5.20. The number of nitrogens with zero attached hydrogens (tertiary/aromatic N) is 2. The third-order valence-electron chi connectivity index (χ3n) is 2.10. The number of fused-ring (bicyclic) bond motifs is 1. The number of hydrogen-bond acceptors (Lipinski definition) is 3. The Bertz CT molecular complexity index is 288. The van der Waals surface area contributed by atoms with Crippen LogP contribution in [0.2, 0.25) is 0 Å². The van der Waals surface area contributed by atoms with E-state index in [4.69, 9.17) is 0 Å². The maximum absolute atomic E-state index is 4.24. The monoisotopic (exact) mass is 221 g/mol. The summed E-state index contributed by atoms with van der Waals surface area (Å²) in [6.07, 6.45) is 3.48. The van der Waals surface area contributed by atoms with Gasteiger partial charge in [-0.25, -0.2) is 9.97 Å². The molecule has 0 bridgehead atoms. The predicted octanol–water partition coefficient (Wildman–Crippen LogP) is 1.66. The van der Waals surface area contributed by atoms with Crippen LogP contribution in [0.15, 0.2) is 12.5 Å². The fourth-order valence-electron chi connectivity index (χ4n) is 1.45. The normalized spacial score (nSPS) is 16.8. The van der Waals surface area contributed by atoms with Gasteiger partial charge in [0.2, 0.25) is 0 Å². The van der Waals surface area contributed by atoms with Crippen LogP contribution < -0.4 is 5.32 Å². The van der Waals surface area contributed by atoms with Crippen molar-refractivity contribution in [3.05, 3.63) is 23.8 Å². The Morgan fingerprint density at radius 2 is 2.08 bits per heavy atom. The van der Waals surface area contributed by atoms with E-state index in [2.05, 4.69) is 29.1 Å². The molecule has 0 aromatic carbocycles. The first-order valence-electron chi connectivity index (χ1n) is 3.74. The van der Waals surface area contributed by atoms with Crippen molar-refractivity contribution in [3.8, 4) is 0 Å². The summed E-state index contributed by atoms with van der Waals surface area (Å²) in [6.45, 7) is 5.15. The summed E-state index contributed by atoms with van der Waals surface area (Å²) in [6, 6.07) is 0. The molecular weight excluding hydrogens is 209 g/mol. The van der Waals surface area contributed by atoms with Gasteiger partial charge in [-0.2, -0.15) is 0 Å². The molecule has 2 rings (SSSR count). The zero-order valence-electron chi connectivity index (χ0n) is 7.57. The van der Waals surface area contributed by atoms with Crippen LogP contribution in [0.4, 0.5) is 0 Å². The lowest BCUT2D eigenvalue weighted by atomic mass is 10.0. The molecule has 0 saturated carbocycles. The van der Waals surface area contributed by atoms with Gasteiger partial charge in [0.1, 0.15) is 6.33 Å². The molecule has 74 valence electrons. The molecule has 0 amide bonds. The second-order valence-electron chi connectivity index (χ2n) is 3.38. The third kappa shape index (κ3) is 2.10. The molecule has 0 saturated heterocycles. The van der Waals surface area contributed by atoms with Crippen molar-refractivity contribution in [2.45, 2.75) is 25.9 Å². The second kappa shape index (κ2) is 4.22. The predicted molar refractivity (Wildman–Crippen MR) is 56.4 cm³/mol. The molecule has 1 N–H and O–H groups in total. The molecule has 2 heterocycles. The molecule has 1 aliphatic rings. The van der Waals surface area contributed by atoms with Crippen LogP contribution in [0.5, 0.6) is 0 Å². The molecule has 1 aromatic rings. The first-order valence-corrected chi connectivity index (χ1v) is 3.74. The van der Waals surface area contributed by atoms with E-state index in [1.807, 2.05) is 6.20 Å². The van der Waals surface area contributed by atoms with Crippen LogP contribution in [-0.2, 0) is 12.1 Å². The summed E-state index contributed by atoms with van der Waals surface area (Å²) in [5, 5.41) is 3.36. The molecule has 0 unspecified atom stereocenters. The highest BCUT2D eigenvalue weighted by Gasteiger charge is 2.30. The van der Waals surface area contributed by atoms with Crippen LogP contribution in [0.25, 0.3) is 0 Å². The largest absolute Gasteiger partial charge is 0.302 e. The minimum Gasteiger partial charge on any atom is -0.302 e. The minimum absolute atomic E-state index is 0. The summed E-state index contributed by atoms with van der Waals surface area (Å²) in [5.74, 6) is 0. The molecule has 0 atom stereocenters.